The highest BCUT2D eigenvalue weighted by molar-refractivity contribution is 5.37. The van der Waals surface area contributed by atoms with Crippen molar-refractivity contribution < 1.29 is 4.74 Å². The monoisotopic (exact) mass is 236 g/mol. The van der Waals surface area contributed by atoms with Crippen LogP contribution >= 0.6 is 0 Å². The van der Waals surface area contributed by atoms with Crippen molar-refractivity contribution in [3.8, 4) is 0 Å². The maximum atomic E-state index is 5.51. The number of aromatic nitrogens is 2. The van der Waals surface area contributed by atoms with E-state index in [0.717, 1.165) is 44.3 Å². The SMILES string of the molecule is CCNCc1ccc(N2CCOC(C)C2)nn1. The molecule has 17 heavy (non-hydrogen) atoms. The molecule has 1 aromatic rings. The van der Waals surface area contributed by atoms with Gasteiger partial charge in [-0.1, -0.05) is 6.92 Å². The average molecular weight is 236 g/mol. The van der Waals surface area contributed by atoms with Crippen molar-refractivity contribution in [1.29, 1.82) is 0 Å². The second-order valence-electron chi connectivity index (χ2n) is 4.29. The molecule has 1 unspecified atom stereocenters. The summed E-state index contributed by atoms with van der Waals surface area (Å²) >= 11 is 0. The molecule has 0 amide bonds. The first-order chi connectivity index (χ1) is 8.29. The molecule has 1 aliphatic heterocycles. The molecule has 1 saturated heterocycles. The Morgan fingerprint density at radius 3 is 3.00 bits per heavy atom. The predicted octanol–water partition coefficient (Wildman–Crippen LogP) is 0.811. The highest BCUT2D eigenvalue weighted by Crippen LogP contribution is 2.14. The molecule has 1 fully saturated rings. The lowest BCUT2D eigenvalue weighted by Crippen LogP contribution is -2.41. The van der Waals surface area contributed by atoms with E-state index >= 15 is 0 Å². The van der Waals surface area contributed by atoms with Gasteiger partial charge in [0.15, 0.2) is 5.82 Å². The van der Waals surface area contributed by atoms with E-state index in [4.69, 9.17) is 4.74 Å². The fourth-order valence-electron chi connectivity index (χ4n) is 1.90. The Kier molecular flexibility index (Phi) is 4.28. The summed E-state index contributed by atoms with van der Waals surface area (Å²) in [6, 6.07) is 4.07. The van der Waals surface area contributed by atoms with Crippen LogP contribution in [-0.2, 0) is 11.3 Å². The molecule has 0 radical (unpaired) electrons. The third kappa shape index (κ3) is 3.38. The van der Waals surface area contributed by atoms with E-state index in [1.54, 1.807) is 0 Å². The zero-order valence-electron chi connectivity index (χ0n) is 10.5. The number of nitrogens with one attached hydrogen (secondary N) is 1. The van der Waals surface area contributed by atoms with Gasteiger partial charge in [-0.15, -0.1) is 5.10 Å². The van der Waals surface area contributed by atoms with E-state index in [9.17, 15) is 0 Å². The molecule has 1 atom stereocenters. The molecule has 0 aliphatic carbocycles. The summed E-state index contributed by atoms with van der Waals surface area (Å²) in [5.74, 6) is 0.945. The van der Waals surface area contributed by atoms with Gasteiger partial charge in [0.1, 0.15) is 0 Å². The first-order valence-electron chi connectivity index (χ1n) is 6.19. The lowest BCUT2D eigenvalue weighted by atomic mass is 10.3. The van der Waals surface area contributed by atoms with Crippen LogP contribution in [0.4, 0.5) is 5.82 Å². The van der Waals surface area contributed by atoms with Crippen LogP contribution in [0.15, 0.2) is 12.1 Å². The molecule has 2 heterocycles. The van der Waals surface area contributed by atoms with Gasteiger partial charge in [0, 0.05) is 19.6 Å². The van der Waals surface area contributed by atoms with Gasteiger partial charge in [-0.25, -0.2) is 0 Å². The lowest BCUT2D eigenvalue weighted by molar-refractivity contribution is 0.0529. The molecule has 0 saturated carbocycles. The van der Waals surface area contributed by atoms with Crippen LogP contribution < -0.4 is 10.2 Å². The quantitative estimate of drug-likeness (QED) is 0.838. The molecule has 1 aromatic heterocycles. The number of morpholine rings is 1. The summed E-state index contributed by atoms with van der Waals surface area (Å²) in [6.45, 7) is 8.44. The minimum absolute atomic E-state index is 0.270. The standard InChI is InChI=1S/C12H20N4O/c1-3-13-8-11-4-5-12(15-14-11)16-6-7-17-10(2)9-16/h4-5,10,13H,3,6-9H2,1-2H3. The van der Waals surface area contributed by atoms with Crippen molar-refractivity contribution in [2.45, 2.75) is 26.5 Å². The van der Waals surface area contributed by atoms with Crippen LogP contribution in [-0.4, -0.2) is 42.5 Å². The van der Waals surface area contributed by atoms with Crippen molar-refractivity contribution in [2.24, 2.45) is 0 Å². The molecule has 5 nitrogen and oxygen atoms in total. The van der Waals surface area contributed by atoms with Gasteiger partial charge in [-0.3, -0.25) is 0 Å². The molecular formula is C12H20N4O. The van der Waals surface area contributed by atoms with Crippen LogP contribution in [0, 0.1) is 0 Å². The van der Waals surface area contributed by atoms with Crippen molar-refractivity contribution in [1.82, 2.24) is 15.5 Å². The molecule has 1 N–H and O–H groups in total. The normalized spacial score (nSPS) is 20.6. The van der Waals surface area contributed by atoms with E-state index < -0.39 is 0 Å². The number of hydrogen-bond acceptors (Lipinski definition) is 5. The van der Waals surface area contributed by atoms with E-state index in [2.05, 4.69) is 34.3 Å². The summed E-state index contributed by atoms with van der Waals surface area (Å²) < 4.78 is 5.51. The Bertz CT molecular complexity index is 341. The second kappa shape index (κ2) is 5.93. The Hall–Kier alpha value is -1.20. The van der Waals surface area contributed by atoms with Gasteiger partial charge in [0.2, 0.25) is 0 Å². The number of rotatable bonds is 4. The number of anilines is 1. The van der Waals surface area contributed by atoms with Crippen LogP contribution in [0.25, 0.3) is 0 Å². The van der Waals surface area contributed by atoms with E-state index in [1.807, 2.05) is 12.1 Å². The summed E-state index contributed by atoms with van der Waals surface area (Å²) in [5.41, 5.74) is 0.983. The van der Waals surface area contributed by atoms with Crippen molar-refractivity contribution >= 4 is 5.82 Å². The predicted molar refractivity (Wildman–Crippen MR) is 67.0 cm³/mol. The largest absolute Gasteiger partial charge is 0.375 e. The molecule has 0 aromatic carbocycles. The molecule has 2 rings (SSSR count). The van der Waals surface area contributed by atoms with Gasteiger partial charge in [-0.05, 0) is 25.6 Å². The van der Waals surface area contributed by atoms with Crippen LogP contribution in [0.2, 0.25) is 0 Å². The number of hydrogen-bond donors (Lipinski definition) is 1. The average Bonchev–Trinajstić information content (AvgIpc) is 2.37. The fourth-order valence-corrected chi connectivity index (χ4v) is 1.90. The van der Waals surface area contributed by atoms with Crippen molar-refractivity contribution in [2.75, 3.05) is 31.1 Å². The van der Waals surface area contributed by atoms with Gasteiger partial charge in [0.25, 0.3) is 0 Å². The van der Waals surface area contributed by atoms with E-state index in [-0.39, 0.29) is 6.10 Å². The minimum atomic E-state index is 0.270. The third-order valence-electron chi connectivity index (χ3n) is 2.83. The summed E-state index contributed by atoms with van der Waals surface area (Å²) in [4.78, 5) is 2.22. The molecule has 94 valence electrons. The van der Waals surface area contributed by atoms with E-state index in [0.29, 0.717) is 0 Å². The van der Waals surface area contributed by atoms with Gasteiger partial charge >= 0.3 is 0 Å². The molecule has 0 spiro atoms. The van der Waals surface area contributed by atoms with E-state index in [1.165, 1.54) is 0 Å². The summed E-state index contributed by atoms with van der Waals surface area (Å²) in [7, 11) is 0. The van der Waals surface area contributed by atoms with Gasteiger partial charge in [0.05, 0.1) is 18.4 Å². The summed E-state index contributed by atoms with van der Waals surface area (Å²) in [5, 5.41) is 11.7. The first-order valence-corrected chi connectivity index (χ1v) is 6.19. The Balaban J connectivity index is 1.96. The van der Waals surface area contributed by atoms with Crippen LogP contribution in [0.1, 0.15) is 19.5 Å². The lowest BCUT2D eigenvalue weighted by Gasteiger charge is -2.31. The Morgan fingerprint density at radius 1 is 1.47 bits per heavy atom. The highest BCUT2D eigenvalue weighted by atomic mass is 16.5. The minimum Gasteiger partial charge on any atom is -0.375 e. The maximum Gasteiger partial charge on any atom is 0.151 e. The van der Waals surface area contributed by atoms with Gasteiger partial charge in [-0.2, -0.15) is 5.10 Å². The molecule has 1 aliphatic rings. The zero-order chi connectivity index (χ0) is 12.1. The Morgan fingerprint density at radius 2 is 2.35 bits per heavy atom. The zero-order valence-corrected chi connectivity index (χ0v) is 10.5. The third-order valence-corrected chi connectivity index (χ3v) is 2.83. The molecular weight excluding hydrogens is 216 g/mol. The van der Waals surface area contributed by atoms with Gasteiger partial charge < -0.3 is 15.0 Å². The number of nitrogens with zero attached hydrogens (tertiary/aromatic N) is 3. The second-order valence-corrected chi connectivity index (χ2v) is 4.29. The van der Waals surface area contributed by atoms with Crippen molar-refractivity contribution in [3.63, 3.8) is 0 Å². The number of ether oxygens (including phenoxy) is 1. The van der Waals surface area contributed by atoms with Crippen LogP contribution in [0.5, 0.6) is 0 Å². The maximum absolute atomic E-state index is 5.51. The molecule has 5 heteroatoms. The first kappa shape index (κ1) is 12.3. The topological polar surface area (TPSA) is 50.3 Å². The Labute approximate surface area is 102 Å². The summed E-state index contributed by atoms with van der Waals surface area (Å²) in [6.07, 6.45) is 0.270. The van der Waals surface area contributed by atoms with Crippen molar-refractivity contribution in [3.05, 3.63) is 17.8 Å². The smallest absolute Gasteiger partial charge is 0.151 e. The molecule has 0 bridgehead atoms. The fraction of sp³-hybridized carbons (Fsp3) is 0.667. The van der Waals surface area contributed by atoms with Crippen LogP contribution in [0.3, 0.4) is 0 Å². The highest BCUT2D eigenvalue weighted by Gasteiger charge is 2.17.